The van der Waals surface area contributed by atoms with E-state index in [1.807, 2.05) is 86.6 Å². The number of ketones is 1. The van der Waals surface area contributed by atoms with Gasteiger partial charge in [0.25, 0.3) is 0 Å². The lowest BCUT2D eigenvalue weighted by molar-refractivity contribution is 0.0112. The van der Waals surface area contributed by atoms with Gasteiger partial charge in [-0.25, -0.2) is 13.8 Å². The molecule has 2 spiro atoms. The van der Waals surface area contributed by atoms with E-state index in [2.05, 4.69) is 9.97 Å². The van der Waals surface area contributed by atoms with Crippen LogP contribution < -0.4 is 0 Å². The van der Waals surface area contributed by atoms with Gasteiger partial charge in [0.1, 0.15) is 22.2 Å². The Morgan fingerprint density at radius 1 is 0.720 bits per heavy atom. The average molecular weight is 708 g/mol. The highest BCUT2D eigenvalue weighted by atomic mass is 32.2. The summed E-state index contributed by atoms with van der Waals surface area (Å²) in [5, 5.41) is 0. The van der Waals surface area contributed by atoms with Crippen molar-refractivity contribution in [2.75, 3.05) is 26.2 Å². The summed E-state index contributed by atoms with van der Waals surface area (Å²) in [6.45, 7) is 19.3. The van der Waals surface area contributed by atoms with Gasteiger partial charge >= 0.3 is 12.2 Å². The zero-order valence-electron chi connectivity index (χ0n) is 31.1. The second-order valence-corrected chi connectivity index (χ2v) is 18.9. The number of pyridine rings is 2. The highest BCUT2D eigenvalue weighted by Gasteiger charge is 2.49. The van der Waals surface area contributed by atoms with E-state index in [0.29, 0.717) is 45.4 Å². The van der Waals surface area contributed by atoms with Crippen molar-refractivity contribution < 1.29 is 28.1 Å². The van der Waals surface area contributed by atoms with Crippen LogP contribution in [0.4, 0.5) is 9.59 Å². The molecule has 0 saturated carbocycles. The fourth-order valence-electron chi connectivity index (χ4n) is 7.03. The first-order chi connectivity index (χ1) is 23.2. The molecule has 50 heavy (non-hydrogen) atoms. The Kier molecular flexibility index (Phi) is 10.4. The molecule has 11 nitrogen and oxygen atoms in total. The van der Waals surface area contributed by atoms with E-state index >= 15 is 0 Å². The molecule has 0 aromatic carbocycles. The topological polar surface area (TPSA) is 131 Å². The zero-order valence-corrected chi connectivity index (χ0v) is 31.9. The van der Waals surface area contributed by atoms with Crippen molar-refractivity contribution >= 4 is 34.7 Å². The number of fused-ring (bicyclic) bond motifs is 2. The molecule has 0 N–H and O–H groups in total. The van der Waals surface area contributed by atoms with Gasteiger partial charge in [-0.15, -0.1) is 0 Å². The van der Waals surface area contributed by atoms with Gasteiger partial charge in [-0.05, 0) is 112 Å². The van der Waals surface area contributed by atoms with E-state index in [-0.39, 0.29) is 28.8 Å². The number of hydrogen-bond acceptors (Lipinski definition) is 8. The number of Topliss-reactive ketones (excluding diaryl/α,β-unsaturated/α-hetero) is 1. The van der Waals surface area contributed by atoms with Gasteiger partial charge < -0.3 is 19.3 Å². The molecular weight excluding hydrogens is 655 g/mol. The summed E-state index contributed by atoms with van der Waals surface area (Å²) in [5.74, 6) is 0.194. The minimum absolute atomic E-state index is 0.194. The van der Waals surface area contributed by atoms with Crippen molar-refractivity contribution in [1.29, 1.82) is 0 Å². The van der Waals surface area contributed by atoms with Gasteiger partial charge in [0, 0.05) is 73.4 Å². The van der Waals surface area contributed by atoms with Crippen LogP contribution in [0.5, 0.6) is 0 Å². The van der Waals surface area contributed by atoms with Gasteiger partial charge in [-0.2, -0.15) is 4.40 Å². The van der Waals surface area contributed by atoms with Gasteiger partial charge in [0.05, 0.1) is 21.8 Å². The first-order valence-electron chi connectivity index (χ1n) is 17.6. The monoisotopic (exact) mass is 707 g/mol. The van der Waals surface area contributed by atoms with Gasteiger partial charge in [-0.1, -0.05) is 0 Å². The number of piperidine rings is 2. The Bertz CT molecular complexity index is 1670. The minimum atomic E-state index is -1.34. The summed E-state index contributed by atoms with van der Waals surface area (Å²) < 4.78 is 28.0. The Morgan fingerprint density at radius 2 is 1.14 bits per heavy atom. The van der Waals surface area contributed by atoms with E-state index in [1.54, 1.807) is 22.2 Å². The lowest BCUT2D eigenvalue weighted by Crippen LogP contribution is -2.47. The standard InChI is InChI=1S/C21H31N3O3S.C17H22N2O3/c1-19(2,3)27-18(25)24-12-9-21(10-13-24)14-16-15(8-7-11-22-16)17(21)23-28(26)20(4,5)6;1-16(2,3)22-15(21)19-9-6-17(7-10-19)11-13-12(14(17)20)5-4-8-18-13/h7-8,11H,9-10,12-14H2,1-6H3;4-5,8H,6-7,9-11H2,1-3H3/t28-;/m1./s1. The van der Waals surface area contributed by atoms with E-state index in [1.165, 1.54) is 0 Å². The van der Waals surface area contributed by atoms with Crippen LogP contribution in [0.15, 0.2) is 41.1 Å². The molecule has 2 aromatic heterocycles. The third kappa shape index (κ3) is 8.27. The summed E-state index contributed by atoms with van der Waals surface area (Å²) in [5.41, 5.74) is 3.00. The summed E-state index contributed by atoms with van der Waals surface area (Å²) in [6, 6.07) is 7.60. The molecule has 4 aliphatic rings. The molecule has 0 bridgehead atoms. The molecule has 2 aliphatic heterocycles. The smallest absolute Gasteiger partial charge is 0.410 e. The number of aromatic nitrogens is 2. The molecule has 2 amide bonds. The summed E-state index contributed by atoms with van der Waals surface area (Å²) in [4.78, 5) is 49.6. The SMILES string of the molecule is CC(C)(C)OC(=O)N1CCC2(CC1)Cc1ncccc1C2=N[S@](=O)C(C)(C)C.CC(C)(C)OC(=O)N1CCC2(CC1)Cc1ncccc1C2=O. The molecule has 6 rings (SSSR count). The van der Waals surface area contributed by atoms with Crippen molar-refractivity contribution in [3.05, 3.63) is 59.2 Å². The molecule has 1 atom stereocenters. The predicted octanol–water partition coefficient (Wildman–Crippen LogP) is 6.74. The number of nitrogens with zero attached hydrogens (tertiary/aromatic N) is 5. The highest BCUT2D eigenvalue weighted by Crippen LogP contribution is 2.46. The molecule has 2 aromatic rings. The Labute approximate surface area is 299 Å². The number of amides is 2. The Balaban J connectivity index is 0.000000200. The quantitative estimate of drug-likeness (QED) is 0.318. The van der Waals surface area contributed by atoms with Crippen LogP contribution in [0.2, 0.25) is 0 Å². The zero-order chi connectivity index (χ0) is 36.7. The van der Waals surface area contributed by atoms with E-state index in [4.69, 9.17) is 13.9 Å². The normalized spacial score (nSPS) is 21.0. The van der Waals surface area contributed by atoms with Crippen molar-refractivity contribution in [3.8, 4) is 0 Å². The molecule has 2 saturated heterocycles. The number of ether oxygens (including phenoxy) is 2. The fraction of sp³-hybridized carbons (Fsp3) is 0.632. The third-order valence-corrected chi connectivity index (χ3v) is 11.1. The van der Waals surface area contributed by atoms with E-state index in [0.717, 1.165) is 47.5 Å². The van der Waals surface area contributed by atoms with Crippen LogP contribution in [-0.4, -0.2) is 89.8 Å². The lowest BCUT2D eigenvalue weighted by Gasteiger charge is -2.40. The summed E-state index contributed by atoms with van der Waals surface area (Å²) in [6.07, 6.45) is 7.35. The average Bonchev–Trinajstić information content (AvgIpc) is 3.46. The van der Waals surface area contributed by atoms with Crippen LogP contribution in [0, 0.1) is 10.8 Å². The van der Waals surface area contributed by atoms with E-state index in [9.17, 15) is 18.6 Å². The number of hydrogen-bond donors (Lipinski definition) is 0. The predicted molar refractivity (Wildman–Crippen MR) is 194 cm³/mol. The lowest BCUT2D eigenvalue weighted by atomic mass is 9.75. The third-order valence-electron chi connectivity index (χ3n) is 9.72. The first kappa shape index (κ1) is 37.6. The second kappa shape index (κ2) is 13.8. The number of carbonyl (C=O) groups excluding carboxylic acids is 3. The van der Waals surface area contributed by atoms with Gasteiger partial charge in [0.2, 0.25) is 0 Å². The van der Waals surface area contributed by atoms with Crippen molar-refractivity contribution in [2.24, 2.45) is 15.2 Å². The van der Waals surface area contributed by atoms with Gasteiger partial charge in [-0.3, -0.25) is 14.8 Å². The molecule has 2 fully saturated rings. The number of likely N-dealkylation sites (tertiary alicyclic amines) is 2. The van der Waals surface area contributed by atoms with Gasteiger partial charge in [0.15, 0.2) is 5.78 Å². The molecule has 0 unspecified atom stereocenters. The molecule has 272 valence electrons. The fourth-order valence-corrected chi connectivity index (χ4v) is 7.76. The van der Waals surface area contributed by atoms with E-state index < -0.39 is 26.9 Å². The minimum Gasteiger partial charge on any atom is -0.444 e. The van der Waals surface area contributed by atoms with Crippen LogP contribution in [0.1, 0.15) is 115 Å². The van der Waals surface area contributed by atoms with Crippen LogP contribution in [0.25, 0.3) is 0 Å². The maximum Gasteiger partial charge on any atom is 0.410 e. The molecule has 12 heteroatoms. The number of carbonyl (C=O) groups is 3. The highest BCUT2D eigenvalue weighted by molar-refractivity contribution is 7.85. The Morgan fingerprint density at radius 3 is 1.58 bits per heavy atom. The maximum absolute atomic E-state index is 12.8. The van der Waals surface area contributed by atoms with Crippen LogP contribution >= 0.6 is 0 Å². The molecule has 4 heterocycles. The maximum atomic E-state index is 12.8. The van der Waals surface area contributed by atoms with Crippen molar-refractivity contribution in [1.82, 2.24) is 19.8 Å². The molecule has 0 radical (unpaired) electrons. The molecular formula is C38H53N5O6S. The van der Waals surface area contributed by atoms with Crippen LogP contribution in [-0.2, 0) is 33.3 Å². The van der Waals surface area contributed by atoms with Crippen molar-refractivity contribution in [3.63, 3.8) is 0 Å². The number of rotatable bonds is 1. The molecule has 2 aliphatic carbocycles. The summed E-state index contributed by atoms with van der Waals surface area (Å²) in [7, 11) is -1.34. The van der Waals surface area contributed by atoms with Crippen molar-refractivity contribution in [2.45, 2.75) is 117 Å². The largest absolute Gasteiger partial charge is 0.444 e. The first-order valence-corrected chi connectivity index (χ1v) is 18.7. The Hall–Kier alpha value is -3.67. The van der Waals surface area contributed by atoms with Crippen LogP contribution in [0.3, 0.4) is 0 Å². The summed E-state index contributed by atoms with van der Waals surface area (Å²) >= 11 is 0. The second-order valence-electron chi connectivity index (χ2n) is 17.0.